The van der Waals surface area contributed by atoms with E-state index in [2.05, 4.69) is 20.4 Å². The molecule has 23 heavy (non-hydrogen) atoms. The van der Waals surface area contributed by atoms with Gasteiger partial charge in [0, 0.05) is 31.4 Å². The summed E-state index contributed by atoms with van der Waals surface area (Å²) in [5.41, 5.74) is 0.466. The van der Waals surface area contributed by atoms with Gasteiger partial charge in [0.05, 0.1) is 5.69 Å². The molecule has 0 aliphatic heterocycles. The lowest BCUT2D eigenvalue weighted by Gasteiger charge is -2.02. The molecule has 0 aliphatic rings. The highest BCUT2D eigenvalue weighted by Gasteiger charge is 2.10. The molecule has 0 aromatic carbocycles. The quantitative estimate of drug-likeness (QED) is 0.714. The Bertz CT molecular complexity index is 862. The van der Waals surface area contributed by atoms with Gasteiger partial charge in [-0.05, 0) is 18.6 Å². The van der Waals surface area contributed by atoms with Crippen molar-refractivity contribution >= 4 is 17.6 Å². The second-order valence-electron chi connectivity index (χ2n) is 5.26. The third-order valence-corrected chi connectivity index (χ3v) is 3.41. The van der Waals surface area contributed by atoms with Gasteiger partial charge < -0.3 is 4.57 Å². The van der Waals surface area contributed by atoms with Crippen LogP contribution in [0.2, 0.25) is 0 Å². The van der Waals surface area contributed by atoms with Crippen LogP contribution >= 0.6 is 0 Å². The van der Waals surface area contributed by atoms with Crippen molar-refractivity contribution in [3.8, 4) is 0 Å². The van der Waals surface area contributed by atoms with E-state index in [0.717, 1.165) is 12.8 Å². The summed E-state index contributed by atoms with van der Waals surface area (Å²) in [6, 6.07) is 5.29. The van der Waals surface area contributed by atoms with Gasteiger partial charge in [-0.25, -0.2) is 4.98 Å². The normalized spacial score (nSPS) is 11.0. The molecule has 0 radical (unpaired) electrons. The molecule has 0 unspecified atom stereocenters. The van der Waals surface area contributed by atoms with Crippen molar-refractivity contribution in [2.24, 2.45) is 0 Å². The molecule has 3 rings (SSSR count). The number of anilines is 1. The van der Waals surface area contributed by atoms with E-state index in [0.29, 0.717) is 18.7 Å². The summed E-state index contributed by atoms with van der Waals surface area (Å²) >= 11 is 0. The highest BCUT2D eigenvalue weighted by atomic mass is 16.2. The SMILES string of the molecule is CCCc1cc(=O)n2[nH]c(NC(=O)CCn3cccc3)nc2n1. The maximum absolute atomic E-state index is 12.0. The van der Waals surface area contributed by atoms with Gasteiger partial charge in [0.15, 0.2) is 0 Å². The van der Waals surface area contributed by atoms with E-state index in [-0.39, 0.29) is 23.2 Å². The van der Waals surface area contributed by atoms with E-state index < -0.39 is 0 Å². The largest absolute Gasteiger partial charge is 0.354 e. The predicted octanol–water partition coefficient (Wildman–Crippen LogP) is 1.20. The van der Waals surface area contributed by atoms with Crippen LogP contribution < -0.4 is 10.9 Å². The zero-order valence-electron chi connectivity index (χ0n) is 12.8. The van der Waals surface area contributed by atoms with Gasteiger partial charge in [0.2, 0.25) is 11.9 Å². The number of carbonyl (C=O) groups excluding carboxylic acids is 1. The minimum absolute atomic E-state index is 0.181. The summed E-state index contributed by atoms with van der Waals surface area (Å²) in [7, 11) is 0. The van der Waals surface area contributed by atoms with Crippen molar-refractivity contribution in [1.29, 1.82) is 0 Å². The van der Waals surface area contributed by atoms with Crippen LogP contribution in [0, 0.1) is 0 Å². The van der Waals surface area contributed by atoms with Crippen LogP contribution in [0.4, 0.5) is 5.95 Å². The lowest BCUT2D eigenvalue weighted by Crippen LogP contribution is -2.17. The third kappa shape index (κ3) is 3.47. The average Bonchev–Trinajstić information content (AvgIpc) is 3.15. The number of fused-ring (bicyclic) bond motifs is 1. The fraction of sp³-hybridized carbons (Fsp3) is 0.333. The van der Waals surface area contributed by atoms with E-state index in [1.807, 2.05) is 36.0 Å². The summed E-state index contributed by atoms with van der Waals surface area (Å²) in [5, 5.41) is 5.40. The van der Waals surface area contributed by atoms with E-state index in [4.69, 9.17) is 0 Å². The van der Waals surface area contributed by atoms with E-state index in [1.165, 1.54) is 10.6 Å². The Labute approximate surface area is 132 Å². The van der Waals surface area contributed by atoms with Crippen molar-refractivity contribution in [2.75, 3.05) is 5.32 Å². The first-order valence-corrected chi connectivity index (χ1v) is 7.55. The molecule has 120 valence electrons. The first-order chi connectivity index (χ1) is 11.2. The van der Waals surface area contributed by atoms with Gasteiger partial charge in [0.25, 0.3) is 11.3 Å². The minimum Gasteiger partial charge on any atom is -0.354 e. The third-order valence-electron chi connectivity index (χ3n) is 3.41. The van der Waals surface area contributed by atoms with Crippen molar-refractivity contribution < 1.29 is 4.79 Å². The van der Waals surface area contributed by atoms with Crippen LogP contribution in [0.5, 0.6) is 0 Å². The van der Waals surface area contributed by atoms with Crippen molar-refractivity contribution in [2.45, 2.75) is 32.7 Å². The lowest BCUT2D eigenvalue weighted by molar-refractivity contribution is -0.116. The molecule has 0 saturated heterocycles. The summed E-state index contributed by atoms with van der Waals surface area (Å²) in [6.45, 7) is 2.60. The fourth-order valence-electron chi connectivity index (χ4n) is 2.31. The molecule has 0 spiro atoms. The standard InChI is InChI=1S/C15H18N6O2/c1-2-5-11-10-13(23)21-15(16-11)18-14(19-21)17-12(22)6-9-20-7-3-4-8-20/h3-4,7-8,10H,2,5-6,9H2,1H3,(H2,16,17,18,19,22). The second-order valence-corrected chi connectivity index (χ2v) is 5.26. The van der Waals surface area contributed by atoms with Crippen LogP contribution in [0.1, 0.15) is 25.5 Å². The number of hydrogen-bond donors (Lipinski definition) is 2. The number of amides is 1. The average molecular weight is 314 g/mol. The van der Waals surface area contributed by atoms with Crippen molar-refractivity contribution in [3.63, 3.8) is 0 Å². The maximum Gasteiger partial charge on any atom is 0.274 e. The Morgan fingerprint density at radius 3 is 2.83 bits per heavy atom. The van der Waals surface area contributed by atoms with Crippen LogP contribution in [0.15, 0.2) is 35.4 Å². The molecule has 2 N–H and O–H groups in total. The molecule has 0 saturated carbocycles. The first-order valence-electron chi connectivity index (χ1n) is 7.55. The highest BCUT2D eigenvalue weighted by molar-refractivity contribution is 5.88. The summed E-state index contributed by atoms with van der Waals surface area (Å²) in [4.78, 5) is 32.4. The number of aromatic nitrogens is 5. The second kappa shape index (κ2) is 6.47. The number of aromatic amines is 1. The Morgan fingerprint density at radius 2 is 2.09 bits per heavy atom. The minimum atomic E-state index is -0.237. The van der Waals surface area contributed by atoms with Gasteiger partial charge in [-0.15, -0.1) is 0 Å². The van der Waals surface area contributed by atoms with Crippen LogP contribution in [-0.2, 0) is 17.8 Å². The lowest BCUT2D eigenvalue weighted by atomic mass is 10.2. The highest BCUT2D eigenvalue weighted by Crippen LogP contribution is 2.04. The summed E-state index contributed by atoms with van der Waals surface area (Å²) in [6.07, 6.45) is 5.72. The Morgan fingerprint density at radius 1 is 1.30 bits per heavy atom. The number of carbonyl (C=O) groups is 1. The van der Waals surface area contributed by atoms with E-state index >= 15 is 0 Å². The maximum atomic E-state index is 12.0. The number of hydrogen-bond acceptors (Lipinski definition) is 4. The van der Waals surface area contributed by atoms with Gasteiger partial charge in [0.1, 0.15) is 0 Å². The predicted molar refractivity (Wildman–Crippen MR) is 85.3 cm³/mol. The molecule has 1 amide bonds. The van der Waals surface area contributed by atoms with Crippen LogP contribution in [-0.4, -0.2) is 30.1 Å². The zero-order valence-corrected chi connectivity index (χ0v) is 12.8. The number of nitrogens with one attached hydrogen (secondary N) is 2. The number of nitrogens with zero attached hydrogens (tertiary/aromatic N) is 4. The smallest absolute Gasteiger partial charge is 0.274 e. The molecule has 0 fully saturated rings. The van der Waals surface area contributed by atoms with Crippen LogP contribution in [0.3, 0.4) is 0 Å². The number of rotatable bonds is 6. The first kappa shape index (κ1) is 15.0. The van der Waals surface area contributed by atoms with E-state index in [1.54, 1.807) is 0 Å². The molecule has 3 heterocycles. The van der Waals surface area contributed by atoms with Crippen LogP contribution in [0.25, 0.3) is 5.78 Å². The Balaban J connectivity index is 1.71. The topological polar surface area (TPSA) is 97.1 Å². The Kier molecular flexibility index (Phi) is 4.22. The number of H-pyrrole nitrogens is 1. The molecular weight excluding hydrogens is 296 g/mol. The van der Waals surface area contributed by atoms with Gasteiger partial charge in [-0.1, -0.05) is 13.3 Å². The molecule has 8 nitrogen and oxygen atoms in total. The fourth-order valence-corrected chi connectivity index (χ4v) is 2.31. The summed E-state index contributed by atoms with van der Waals surface area (Å²) in [5.74, 6) is 0.307. The monoisotopic (exact) mass is 314 g/mol. The molecule has 3 aromatic heterocycles. The number of aryl methyl sites for hydroxylation is 2. The van der Waals surface area contributed by atoms with Gasteiger partial charge >= 0.3 is 0 Å². The van der Waals surface area contributed by atoms with E-state index in [9.17, 15) is 9.59 Å². The Hall–Kier alpha value is -2.90. The van der Waals surface area contributed by atoms with Crippen molar-refractivity contribution in [1.82, 2.24) is 24.1 Å². The van der Waals surface area contributed by atoms with Gasteiger partial charge in [-0.2, -0.15) is 9.50 Å². The zero-order chi connectivity index (χ0) is 16.2. The van der Waals surface area contributed by atoms with Crippen molar-refractivity contribution in [3.05, 3.63) is 46.6 Å². The molecule has 0 aliphatic carbocycles. The molecule has 3 aromatic rings. The molecule has 0 atom stereocenters. The molecule has 0 bridgehead atoms. The molecule has 8 heteroatoms. The van der Waals surface area contributed by atoms with Gasteiger partial charge in [-0.3, -0.25) is 20.0 Å². The summed E-state index contributed by atoms with van der Waals surface area (Å²) < 4.78 is 3.14. The molecular formula is C15H18N6O2.